The van der Waals surface area contributed by atoms with Gasteiger partial charge >= 0.3 is 0 Å². The average Bonchev–Trinajstić information content (AvgIpc) is 2.41. The zero-order chi connectivity index (χ0) is 12.8. The SMILES string of the molecule is CCCOc1ncnc(OC2CCOCC2)c1N. The van der Waals surface area contributed by atoms with E-state index in [1.165, 1.54) is 6.33 Å². The van der Waals surface area contributed by atoms with Crippen molar-refractivity contribution in [2.45, 2.75) is 32.3 Å². The van der Waals surface area contributed by atoms with Crippen molar-refractivity contribution in [1.82, 2.24) is 9.97 Å². The van der Waals surface area contributed by atoms with Gasteiger partial charge in [-0.25, -0.2) is 0 Å². The van der Waals surface area contributed by atoms with E-state index in [9.17, 15) is 0 Å². The molecule has 1 saturated heterocycles. The predicted molar refractivity (Wildman–Crippen MR) is 66.7 cm³/mol. The average molecular weight is 253 g/mol. The predicted octanol–water partition coefficient (Wildman–Crippen LogP) is 1.41. The monoisotopic (exact) mass is 253 g/mol. The number of nitrogens with zero attached hydrogens (tertiary/aromatic N) is 2. The highest BCUT2D eigenvalue weighted by Crippen LogP contribution is 2.28. The molecule has 0 spiro atoms. The summed E-state index contributed by atoms with van der Waals surface area (Å²) in [7, 11) is 0. The van der Waals surface area contributed by atoms with Crippen molar-refractivity contribution in [2.75, 3.05) is 25.6 Å². The first-order valence-electron chi connectivity index (χ1n) is 6.29. The maximum atomic E-state index is 5.94. The topological polar surface area (TPSA) is 79.5 Å². The highest BCUT2D eigenvalue weighted by molar-refractivity contribution is 5.55. The fraction of sp³-hybridized carbons (Fsp3) is 0.667. The van der Waals surface area contributed by atoms with Crippen LogP contribution < -0.4 is 15.2 Å². The highest BCUT2D eigenvalue weighted by atomic mass is 16.5. The van der Waals surface area contributed by atoms with Crippen LogP contribution in [0.2, 0.25) is 0 Å². The van der Waals surface area contributed by atoms with Crippen LogP contribution in [0.3, 0.4) is 0 Å². The lowest BCUT2D eigenvalue weighted by Gasteiger charge is -2.23. The van der Waals surface area contributed by atoms with E-state index in [4.69, 9.17) is 19.9 Å². The molecule has 0 radical (unpaired) electrons. The molecule has 1 aliphatic rings. The summed E-state index contributed by atoms with van der Waals surface area (Å²) in [4.78, 5) is 8.07. The fourth-order valence-electron chi connectivity index (χ4n) is 1.72. The van der Waals surface area contributed by atoms with Gasteiger partial charge in [-0.3, -0.25) is 0 Å². The van der Waals surface area contributed by atoms with E-state index in [-0.39, 0.29) is 6.10 Å². The lowest BCUT2D eigenvalue weighted by molar-refractivity contribution is 0.0239. The van der Waals surface area contributed by atoms with E-state index in [0.29, 0.717) is 24.1 Å². The summed E-state index contributed by atoms with van der Waals surface area (Å²) in [6.07, 6.45) is 4.13. The Morgan fingerprint density at radius 2 is 2.06 bits per heavy atom. The van der Waals surface area contributed by atoms with Crippen molar-refractivity contribution in [3.63, 3.8) is 0 Å². The molecule has 18 heavy (non-hydrogen) atoms. The lowest BCUT2D eigenvalue weighted by atomic mass is 10.1. The Morgan fingerprint density at radius 1 is 1.33 bits per heavy atom. The first-order chi connectivity index (χ1) is 8.81. The molecule has 0 atom stereocenters. The first-order valence-corrected chi connectivity index (χ1v) is 6.29. The van der Waals surface area contributed by atoms with Crippen LogP contribution in [0.5, 0.6) is 11.8 Å². The van der Waals surface area contributed by atoms with Crippen molar-refractivity contribution in [3.05, 3.63) is 6.33 Å². The molecule has 2 rings (SSSR count). The summed E-state index contributed by atoms with van der Waals surface area (Å²) >= 11 is 0. The van der Waals surface area contributed by atoms with Gasteiger partial charge in [-0.1, -0.05) is 6.92 Å². The Labute approximate surface area is 106 Å². The van der Waals surface area contributed by atoms with Gasteiger partial charge in [0.15, 0.2) is 5.69 Å². The summed E-state index contributed by atoms with van der Waals surface area (Å²) in [6, 6.07) is 0. The molecule has 0 aliphatic carbocycles. The number of hydrogen-bond donors (Lipinski definition) is 1. The molecule has 0 amide bonds. The fourth-order valence-corrected chi connectivity index (χ4v) is 1.72. The van der Waals surface area contributed by atoms with Crippen LogP contribution in [0.25, 0.3) is 0 Å². The summed E-state index contributed by atoms with van der Waals surface area (Å²) in [5, 5.41) is 0. The van der Waals surface area contributed by atoms with Gasteiger partial charge in [0.05, 0.1) is 19.8 Å². The second-order valence-electron chi connectivity index (χ2n) is 4.18. The summed E-state index contributed by atoms with van der Waals surface area (Å²) in [6.45, 7) is 4.04. The van der Waals surface area contributed by atoms with Crippen LogP contribution in [0, 0.1) is 0 Å². The molecular weight excluding hydrogens is 234 g/mol. The van der Waals surface area contributed by atoms with E-state index in [1.807, 2.05) is 6.92 Å². The second-order valence-corrected chi connectivity index (χ2v) is 4.18. The summed E-state index contributed by atoms with van der Waals surface area (Å²) < 4.78 is 16.5. The third-order valence-corrected chi connectivity index (χ3v) is 2.70. The number of nitrogen functional groups attached to an aromatic ring is 1. The Bertz CT molecular complexity index is 381. The zero-order valence-electron chi connectivity index (χ0n) is 10.6. The van der Waals surface area contributed by atoms with E-state index in [2.05, 4.69) is 9.97 Å². The zero-order valence-corrected chi connectivity index (χ0v) is 10.6. The number of ether oxygens (including phenoxy) is 3. The van der Waals surface area contributed by atoms with Gasteiger partial charge in [0.1, 0.15) is 12.4 Å². The Kier molecular flexibility index (Phi) is 4.58. The third kappa shape index (κ3) is 3.22. The quantitative estimate of drug-likeness (QED) is 0.854. The number of hydrogen-bond acceptors (Lipinski definition) is 6. The van der Waals surface area contributed by atoms with E-state index in [1.54, 1.807) is 0 Å². The normalized spacial score (nSPS) is 16.5. The van der Waals surface area contributed by atoms with Crippen molar-refractivity contribution < 1.29 is 14.2 Å². The molecule has 1 aromatic heterocycles. The minimum atomic E-state index is 0.106. The molecule has 1 fully saturated rings. The van der Waals surface area contributed by atoms with Gasteiger partial charge in [0, 0.05) is 12.8 Å². The Hall–Kier alpha value is -1.56. The van der Waals surface area contributed by atoms with Crippen LogP contribution in [-0.2, 0) is 4.74 Å². The largest absolute Gasteiger partial charge is 0.476 e. The Morgan fingerprint density at radius 3 is 2.78 bits per heavy atom. The van der Waals surface area contributed by atoms with Crippen LogP contribution in [0.15, 0.2) is 6.33 Å². The molecule has 0 unspecified atom stereocenters. The molecule has 2 heterocycles. The minimum absolute atomic E-state index is 0.106. The number of aromatic nitrogens is 2. The van der Waals surface area contributed by atoms with Crippen molar-refractivity contribution >= 4 is 5.69 Å². The van der Waals surface area contributed by atoms with Crippen molar-refractivity contribution in [3.8, 4) is 11.8 Å². The van der Waals surface area contributed by atoms with Crippen LogP contribution in [-0.4, -0.2) is 35.9 Å². The number of rotatable bonds is 5. The van der Waals surface area contributed by atoms with Gasteiger partial charge in [-0.15, -0.1) is 0 Å². The molecule has 2 N–H and O–H groups in total. The molecule has 6 nitrogen and oxygen atoms in total. The highest BCUT2D eigenvalue weighted by Gasteiger charge is 2.19. The smallest absolute Gasteiger partial charge is 0.244 e. The summed E-state index contributed by atoms with van der Waals surface area (Å²) in [5.41, 5.74) is 6.31. The molecule has 100 valence electrons. The second kappa shape index (κ2) is 6.39. The van der Waals surface area contributed by atoms with Crippen molar-refractivity contribution in [1.29, 1.82) is 0 Å². The van der Waals surface area contributed by atoms with Crippen LogP contribution in [0.4, 0.5) is 5.69 Å². The summed E-state index contributed by atoms with van der Waals surface area (Å²) in [5.74, 6) is 0.803. The lowest BCUT2D eigenvalue weighted by Crippen LogP contribution is -2.26. The maximum Gasteiger partial charge on any atom is 0.244 e. The number of nitrogens with two attached hydrogens (primary N) is 1. The Balaban J connectivity index is 2.02. The molecule has 1 aromatic rings. The van der Waals surface area contributed by atoms with Crippen molar-refractivity contribution in [2.24, 2.45) is 0 Å². The van der Waals surface area contributed by atoms with Gasteiger partial charge in [0.25, 0.3) is 0 Å². The number of anilines is 1. The van der Waals surface area contributed by atoms with E-state index < -0.39 is 0 Å². The minimum Gasteiger partial charge on any atom is -0.476 e. The molecule has 6 heteroatoms. The molecule has 0 aromatic carbocycles. The molecule has 0 saturated carbocycles. The van der Waals surface area contributed by atoms with E-state index >= 15 is 0 Å². The van der Waals surface area contributed by atoms with Gasteiger partial charge in [-0.2, -0.15) is 9.97 Å². The van der Waals surface area contributed by atoms with Gasteiger partial charge in [0.2, 0.25) is 11.8 Å². The van der Waals surface area contributed by atoms with Gasteiger partial charge in [-0.05, 0) is 6.42 Å². The molecule has 0 bridgehead atoms. The standard InChI is InChI=1S/C12H19N3O3/c1-2-5-17-11-10(13)12(15-8-14-11)18-9-3-6-16-7-4-9/h8-9H,2-7,13H2,1H3. The van der Waals surface area contributed by atoms with Crippen LogP contribution >= 0.6 is 0 Å². The maximum absolute atomic E-state index is 5.94. The molecular formula is C12H19N3O3. The van der Waals surface area contributed by atoms with E-state index in [0.717, 1.165) is 32.5 Å². The van der Waals surface area contributed by atoms with Gasteiger partial charge < -0.3 is 19.9 Å². The first kappa shape index (κ1) is 12.9. The molecule has 1 aliphatic heterocycles. The van der Waals surface area contributed by atoms with Crippen LogP contribution in [0.1, 0.15) is 26.2 Å². The third-order valence-electron chi connectivity index (χ3n) is 2.70.